The van der Waals surface area contributed by atoms with Crippen molar-refractivity contribution < 1.29 is 44.9 Å². The van der Waals surface area contributed by atoms with Gasteiger partial charge in [0.2, 0.25) is 0 Å². The van der Waals surface area contributed by atoms with Gasteiger partial charge in [0.15, 0.2) is 18.9 Å². The summed E-state index contributed by atoms with van der Waals surface area (Å²) in [7, 11) is -9.19. The zero-order chi connectivity index (χ0) is 30.0. The second-order valence-corrected chi connectivity index (χ2v) is 13.8. The summed E-state index contributed by atoms with van der Waals surface area (Å²) in [5.74, 6) is -0.241. The average molecular weight is 647 g/mol. The number of nitriles is 1. The molecular formula is C25H21ClF3N3O6PS2+. The molecule has 4 aromatic rings. The van der Waals surface area contributed by atoms with Crippen LogP contribution in [0.2, 0.25) is 5.02 Å². The summed E-state index contributed by atoms with van der Waals surface area (Å²) in [5, 5.41) is 9.64. The molecule has 0 bridgehead atoms. The highest BCUT2D eigenvalue weighted by atomic mass is 35.5. The number of pyridine rings is 1. The third-order valence-corrected chi connectivity index (χ3v) is 10.7. The molecule has 2 aromatic heterocycles. The number of hydrogen-bond acceptors (Lipinski definition) is 7. The van der Waals surface area contributed by atoms with Gasteiger partial charge in [-0.1, -0.05) is 17.7 Å². The molecule has 0 radical (unpaired) electrons. The summed E-state index contributed by atoms with van der Waals surface area (Å²) in [6.07, 6.45) is -2.29. The van der Waals surface area contributed by atoms with E-state index < -0.39 is 47.0 Å². The summed E-state index contributed by atoms with van der Waals surface area (Å²) in [4.78, 5) is 10.2. The molecule has 1 unspecified atom stereocenters. The van der Waals surface area contributed by atoms with Crippen molar-refractivity contribution in [2.45, 2.75) is 23.9 Å². The Labute approximate surface area is 241 Å². The van der Waals surface area contributed by atoms with Crippen molar-refractivity contribution >= 4 is 50.6 Å². The van der Waals surface area contributed by atoms with E-state index >= 15 is 0 Å². The minimum atomic E-state index is -4.92. The fourth-order valence-electron chi connectivity index (χ4n) is 3.76. The summed E-state index contributed by atoms with van der Waals surface area (Å²) in [6, 6.07) is 12.3. The maximum Gasteiger partial charge on any atom is 0.417 e. The molecule has 1 atom stereocenters. The lowest BCUT2D eigenvalue weighted by molar-refractivity contribution is -0.697. The molecule has 0 aliphatic carbocycles. The van der Waals surface area contributed by atoms with Gasteiger partial charge in [0.25, 0.3) is 10.0 Å². The van der Waals surface area contributed by atoms with E-state index in [0.29, 0.717) is 40.6 Å². The van der Waals surface area contributed by atoms with Crippen LogP contribution in [-0.2, 0) is 27.3 Å². The quantitative estimate of drug-likeness (QED) is 0.169. The minimum absolute atomic E-state index is 0.177. The van der Waals surface area contributed by atoms with Gasteiger partial charge < -0.3 is 14.2 Å². The molecule has 0 aliphatic rings. The number of ether oxygens (including phenoxy) is 1. The third kappa shape index (κ3) is 7.37. The monoisotopic (exact) mass is 646 g/mol. The predicted molar refractivity (Wildman–Crippen MR) is 146 cm³/mol. The number of fused-ring (bicyclic) bond motifs is 1. The topological polar surface area (TPSA) is 130 Å². The van der Waals surface area contributed by atoms with Gasteiger partial charge in [-0.3, -0.25) is 0 Å². The number of nitrogens with zero attached hydrogens (tertiary/aromatic N) is 2. The lowest BCUT2D eigenvalue weighted by Crippen LogP contribution is -2.35. The van der Waals surface area contributed by atoms with Crippen molar-refractivity contribution in [3.8, 4) is 17.6 Å². The Morgan fingerprint density at radius 3 is 2.54 bits per heavy atom. The van der Waals surface area contributed by atoms with E-state index in [9.17, 15) is 31.0 Å². The van der Waals surface area contributed by atoms with E-state index in [2.05, 4.69) is 0 Å². The molecule has 0 spiro atoms. The van der Waals surface area contributed by atoms with E-state index in [1.807, 2.05) is 39.9 Å². The van der Waals surface area contributed by atoms with Crippen LogP contribution in [0, 0.1) is 18.3 Å². The first-order valence-electron chi connectivity index (χ1n) is 11.6. The SMILES string of the molecule is Cc1c(S(=O)(=O)NCP(=O)(O)Oc2ccc(C#N)c(C(F)(F)F)c2)sc2c(Cl)cc(OCC[n+]3ccccc3)cc12. The van der Waals surface area contributed by atoms with Crippen LogP contribution < -0.4 is 18.5 Å². The highest BCUT2D eigenvalue weighted by Crippen LogP contribution is 2.45. The molecule has 4 rings (SSSR count). The molecule has 0 saturated heterocycles. The maximum atomic E-state index is 13.2. The van der Waals surface area contributed by atoms with Crippen LogP contribution in [-0.4, -0.2) is 26.2 Å². The van der Waals surface area contributed by atoms with Gasteiger partial charge in [-0.15, -0.1) is 11.3 Å². The number of halogens is 4. The molecular weight excluding hydrogens is 626 g/mol. The number of rotatable bonds is 10. The number of sulfonamides is 1. The average Bonchev–Trinajstić information content (AvgIpc) is 3.25. The Hall–Kier alpha value is -3.18. The standard InChI is InChI=1S/C25H20ClF3N3O6PS2/c1-16-20-11-19(37-10-9-32-7-3-2-4-8-32)13-22(26)23(20)40-24(16)41(35,36)31-15-39(33,34)38-18-6-5-17(14-30)21(12-18)25(27,28)29/h2-8,11-13,31H,9-10,15H2,1H3/p+1. The number of aryl methyl sites for hydroxylation is 1. The number of aromatic nitrogens is 1. The molecule has 0 aliphatic heterocycles. The summed E-state index contributed by atoms with van der Waals surface area (Å²) in [5.41, 5.74) is -1.75. The van der Waals surface area contributed by atoms with E-state index in [1.54, 1.807) is 12.1 Å². The van der Waals surface area contributed by atoms with Crippen LogP contribution >= 0.6 is 30.5 Å². The molecule has 2 N–H and O–H groups in total. The van der Waals surface area contributed by atoms with Crippen molar-refractivity contribution in [3.05, 3.63) is 82.6 Å². The van der Waals surface area contributed by atoms with Crippen LogP contribution in [0.5, 0.6) is 11.5 Å². The van der Waals surface area contributed by atoms with E-state index in [4.69, 9.17) is 26.1 Å². The molecule has 0 amide bonds. The van der Waals surface area contributed by atoms with Crippen LogP contribution in [0.3, 0.4) is 0 Å². The Kier molecular flexibility index (Phi) is 8.98. The second kappa shape index (κ2) is 12.0. The summed E-state index contributed by atoms with van der Waals surface area (Å²) in [6.45, 7) is 2.42. The lowest BCUT2D eigenvalue weighted by atomic mass is 10.1. The predicted octanol–water partition coefficient (Wildman–Crippen LogP) is 5.62. The number of hydrogen-bond donors (Lipinski definition) is 2. The van der Waals surface area contributed by atoms with Gasteiger partial charge in [-0.2, -0.15) is 23.2 Å². The Morgan fingerprint density at radius 2 is 1.88 bits per heavy atom. The highest BCUT2D eigenvalue weighted by molar-refractivity contribution is 7.92. The first-order chi connectivity index (χ1) is 19.2. The van der Waals surface area contributed by atoms with Crippen molar-refractivity contribution in [2.75, 3.05) is 12.9 Å². The number of thiophene rings is 1. The van der Waals surface area contributed by atoms with Crippen LogP contribution in [0.4, 0.5) is 13.2 Å². The first kappa shape index (κ1) is 30.8. The number of nitrogens with one attached hydrogen (secondary N) is 1. The second-order valence-electron chi connectivity index (χ2n) is 8.61. The zero-order valence-corrected chi connectivity index (χ0v) is 24.3. The van der Waals surface area contributed by atoms with Gasteiger partial charge in [-0.05, 0) is 36.8 Å². The molecule has 0 fully saturated rings. The van der Waals surface area contributed by atoms with Crippen molar-refractivity contribution in [1.82, 2.24) is 4.72 Å². The maximum absolute atomic E-state index is 13.2. The molecule has 9 nitrogen and oxygen atoms in total. The van der Waals surface area contributed by atoms with Crippen LogP contribution in [0.15, 0.2) is 65.1 Å². The fraction of sp³-hybridized carbons (Fsp3) is 0.200. The Morgan fingerprint density at radius 1 is 1.17 bits per heavy atom. The molecule has 41 heavy (non-hydrogen) atoms. The van der Waals surface area contributed by atoms with Crippen LogP contribution in [0.25, 0.3) is 10.1 Å². The Balaban J connectivity index is 1.49. The lowest BCUT2D eigenvalue weighted by Gasteiger charge is -2.16. The van der Waals surface area contributed by atoms with Gasteiger partial charge in [0, 0.05) is 23.6 Å². The van der Waals surface area contributed by atoms with E-state index in [-0.39, 0.29) is 9.23 Å². The molecule has 216 valence electrons. The van der Waals surface area contributed by atoms with E-state index in [1.165, 1.54) is 13.0 Å². The minimum Gasteiger partial charge on any atom is -0.487 e. The van der Waals surface area contributed by atoms with Gasteiger partial charge in [0.1, 0.15) is 28.6 Å². The summed E-state index contributed by atoms with van der Waals surface area (Å²) < 4.78 is 93.1. The highest BCUT2D eigenvalue weighted by Gasteiger charge is 2.35. The largest absolute Gasteiger partial charge is 0.487 e. The molecule has 2 aromatic carbocycles. The first-order valence-corrected chi connectivity index (χ1v) is 16.1. The van der Waals surface area contributed by atoms with Crippen molar-refractivity contribution in [2.24, 2.45) is 0 Å². The normalized spacial score (nSPS) is 13.5. The summed E-state index contributed by atoms with van der Waals surface area (Å²) >= 11 is 7.25. The molecule has 16 heteroatoms. The van der Waals surface area contributed by atoms with E-state index in [0.717, 1.165) is 23.5 Å². The van der Waals surface area contributed by atoms with Gasteiger partial charge >= 0.3 is 13.8 Å². The third-order valence-electron chi connectivity index (χ3n) is 5.68. The number of alkyl halides is 3. The fourth-order valence-corrected chi connectivity index (χ4v) is 8.36. The van der Waals surface area contributed by atoms with Crippen molar-refractivity contribution in [3.63, 3.8) is 0 Å². The molecule has 2 heterocycles. The van der Waals surface area contributed by atoms with Gasteiger partial charge in [0.05, 0.1) is 26.9 Å². The smallest absolute Gasteiger partial charge is 0.417 e. The Bertz CT molecular complexity index is 1790. The van der Waals surface area contributed by atoms with Crippen LogP contribution in [0.1, 0.15) is 16.7 Å². The zero-order valence-electron chi connectivity index (χ0n) is 21.1. The molecule has 0 saturated carbocycles. The number of benzene rings is 2. The van der Waals surface area contributed by atoms with Crippen molar-refractivity contribution in [1.29, 1.82) is 5.26 Å². The van der Waals surface area contributed by atoms with Gasteiger partial charge in [-0.25, -0.2) is 17.5 Å².